The van der Waals surface area contributed by atoms with Crippen molar-refractivity contribution in [3.8, 4) is 0 Å². The van der Waals surface area contributed by atoms with Crippen molar-refractivity contribution in [2.45, 2.75) is 33.6 Å². The Balaban J connectivity index is 1.56. The summed E-state index contributed by atoms with van der Waals surface area (Å²) in [4.78, 5) is 19.2. The second-order valence-electron chi connectivity index (χ2n) is 7.88. The minimum absolute atomic E-state index is 0.141. The van der Waals surface area contributed by atoms with Gasteiger partial charge in [0.15, 0.2) is 0 Å². The van der Waals surface area contributed by atoms with E-state index in [-0.39, 0.29) is 5.91 Å². The van der Waals surface area contributed by atoms with Crippen LogP contribution in [0.4, 0.5) is 17.2 Å². The molecular formula is C22H30N4O. The molecule has 1 aliphatic heterocycles. The number of carbonyl (C=O) groups excluding carboxylic acids is 1. The maximum atomic E-state index is 12.4. The molecule has 0 aliphatic carbocycles. The average Bonchev–Trinajstić information content (AvgIpc) is 2.68. The molecule has 0 unspecified atom stereocenters. The maximum Gasteiger partial charge on any atom is 0.257 e. The van der Waals surface area contributed by atoms with Crippen LogP contribution in [-0.4, -0.2) is 30.5 Å². The van der Waals surface area contributed by atoms with Crippen LogP contribution < -0.4 is 15.5 Å². The van der Waals surface area contributed by atoms with Gasteiger partial charge in [-0.1, -0.05) is 20.8 Å². The third kappa shape index (κ3) is 5.46. The molecule has 0 bridgehead atoms. The summed E-state index contributed by atoms with van der Waals surface area (Å²) >= 11 is 0. The number of nitrogens with one attached hydrogen (secondary N) is 2. The fourth-order valence-electron chi connectivity index (χ4n) is 3.17. The SMILES string of the molecule is CC(C)CNc1ccc(C(=O)Nc2ccc(N3CCC(C)CC3)cc2)cn1. The summed E-state index contributed by atoms with van der Waals surface area (Å²) in [7, 11) is 0. The zero-order chi connectivity index (χ0) is 19.2. The van der Waals surface area contributed by atoms with Gasteiger partial charge in [-0.25, -0.2) is 4.98 Å². The lowest BCUT2D eigenvalue weighted by molar-refractivity contribution is 0.102. The predicted octanol–water partition coefficient (Wildman–Crippen LogP) is 4.64. The number of hydrogen-bond donors (Lipinski definition) is 2. The van der Waals surface area contributed by atoms with Crippen LogP contribution in [0.15, 0.2) is 42.6 Å². The molecular weight excluding hydrogens is 336 g/mol. The van der Waals surface area contributed by atoms with Gasteiger partial charge in [-0.15, -0.1) is 0 Å². The molecule has 0 spiro atoms. The van der Waals surface area contributed by atoms with Crippen molar-refractivity contribution in [1.82, 2.24) is 4.98 Å². The van der Waals surface area contributed by atoms with E-state index in [1.165, 1.54) is 18.5 Å². The number of amides is 1. The summed E-state index contributed by atoms with van der Waals surface area (Å²) in [5.41, 5.74) is 2.58. The van der Waals surface area contributed by atoms with E-state index in [9.17, 15) is 4.79 Å². The van der Waals surface area contributed by atoms with E-state index in [4.69, 9.17) is 0 Å². The molecule has 27 heavy (non-hydrogen) atoms. The lowest BCUT2D eigenvalue weighted by Gasteiger charge is -2.32. The molecule has 2 N–H and O–H groups in total. The van der Waals surface area contributed by atoms with Crippen LogP contribution in [0.3, 0.4) is 0 Å². The molecule has 1 aromatic heterocycles. The summed E-state index contributed by atoms with van der Waals surface area (Å²) in [6.07, 6.45) is 4.10. The Morgan fingerprint density at radius 2 is 1.85 bits per heavy atom. The molecule has 3 rings (SSSR count). The van der Waals surface area contributed by atoms with E-state index in [1.54, 1.807) is 12.3 Å². The van der Waals surface area contributed by atoms with E-state index >= 15 is 0 Å². The molecule has 1 fully saturated rings. The molecule has 0 radical (unpaired) electrons. The first kappa shape index (κ1) is 19.2. The van der Waals surface area contributed by atoms with E-state index in [2.05, 4.69) is 53.4 Å². The van der Waals surface area contributed by atoms with Crippen LogP contribution >= 0.6 is 0 Å². The summed E-state index contributed by atoms with van der Waals surface area (Å²) < 4.78 is 0. The Morgan fingerprint density at radius 1 is 1.15 bits per heavy atom. The van der Waals surface area contributed by atoms with Gasteiger partial charge in [0.2, 0.25) is 0 Å². The van der Waals surface area contributed by atoms with E-state index in [0.717, 1.165) is 37.1 Å². The lowest BCUT2D eigenvalue weighted by Crippen LogP contribution is -2.32. The Morgan fingerprint density at radius 3 is 2.44 bits per heavy atom. The molecule has 144 valence electrons. The minimum Gasteiger partial charge on any atom is -0.372 e. The standard InChI is InChI=1S/C22H30N4O/c1-16(2)14-23-21-9-4-18(15-24-21)22(27)25-19-5-7-20(8-6-19)26-12-10-17(3)11-13-26/h4-9,15-17H,10-14H2,1-3H3,(H,23,24)(H,25,27). The number of aromatic nitrogens is 1. The molecule has 0 atom stereocenters. The fraction of sp³-hybridized carbons (Fsp3) is 0.455. The summed E-state index contributed by atoms with van der Waals surface area (Å²) in [6, 6.07) is 11.8. The van der Waals surface area contributed by atoms with Crippen LogP contribution in [0, 0.1) is 11.8 Å². The van der Waals surface area contributed by atoms with Crippen molar-refractivity contribution < 1.29 is 4.79 Å². The minimum atomic E-state index is -0.141. The third-order valence-electron chi connectivity index (χ3n) is 4.99. The fourth-order valence-corrected chi connectivity index (χ4v) is 3.17. The second kappa shape index (κ2) is 8.89. The monoisotopic (exact) mass is 366 g/mol. The number of piperidine rings is 1. The number of anilines is 3. The second-order valence-corrected chi connectivity index (χ2v) is 7.88. The molecule has 1 aromatic carbocycles. The first-order valence-corrected chi connectivity index (χ1v) is 9.87. The highest BCUT2D eigenvalue weighted by molar-refractivity contribution is 6.04. The van der Waals surface area contributed by atoms with Crippen molar-refractivity contribution in [1.29, 1.82) is 0 Å². The highest BCUT2D eigenvalue weighted by Gasteiger charge is 2.16. The number of benzene rings is 1. The molecule has 1 amide bonds. The first-order chi connectivity index (χ1) is 13.0. The number of hydrogen-bond acceptors (Lipinski definition) is 4. The normalized spacial score (nSPS) is 15.0. The van der Waals surface area contributed by atoms with Crippen LogP contribution in [-0.2, 0) is 0 Å². The van der Waals surface area contributed by atoms with E-state index < -0.39 is 0 Å². The van der Waals surface area contributed by atoms with Gasteiger partial charge >= 0.3 is 0 Å². The molecule has 0 saturated carbocycles. The van der Waals surface area contributed by atoms with Gasteiger partial charge in [0.25, 0.3) is 5.91 Å². The Kier molecular flexibility index (Phi) is 6.32. The predicted molar refractivity (Wildman–Crippen MR) is 113 cm³/mol. The molecule has 5 heteroatoms. The number of rotatable bonds is 6. The van der Waals surface area contributed by atoms with Crippen molar-refractivity contribution >= 4 is 23.1 Å². The third-order valence-corrected chi connectivity index (χ3v) is 4.99. The molecule has 1 aliphatic rings. The molecule has 2 heterocycles. The zero-order valence-corrected chi connectivity index (χ0v) is 16.5. The first-order valence-electron chi connectivity index (χ1n) is 9.87. The Hall–Kier alpha value is -2.56. The summed E-state index contributed by atoms with van der Waals surface area (Å²) in [5.74, 6) is 2.02. The number of nitrogens with zero attached hydrogens (tertiary/aromatic N) is 2. The summed E-state index contributed by atoms with van der Waals surface area (Å²) in [5, 5.41) is 6.20. The highest BCUT2D eigenvalue weighted by Crippen LogP contribution is 2.24. The van der Waals surface area contributed by atoms with Gasteiger partial charge in [-0.3, -0.25) is 4.79 Å². The highest BCUT2D eigenvalue weighted by atomic mass is 16.1. The van der Waals surface area contributed by atoms with Crippen LogP contribution in [0.25, 0.3) is 0 Å². The quantitative estimate of drug-likeness (QED) is 0.782. The van der Waals surface area contributed by atoms with Crippen LogP contribution in [0.1, 0.15) is 44.0 Å². The smallest absolute Gasteiger partial charge is 0.257 e. The van der Waals surface area contributed by atoms with Crippen molar-refractivity contribution in [3.63, 3.8) is 0 Å². The van der Waals surface area contributed by atoms with Gasteiger partial charge in [-0.05, 0) is 61.1 Å². The van der Waals surface area contributed by atoms with Gasteiger partial charge < -0.3 is 15.5 Å². The summed E-state index contributed by atoms with van der Waals surface area (Å²) in [6.45, 7) is 9.68. The zero-order valence-electron chi connectivity index (χ0n) is 16.5. The van der Waals surface area contributed by atoms with E-state index in [0.29, 0.717) is 11.5 Å². The topological polar surface area (TPSA) is 57.3 Å². The van der Waals surface area contributed by atoms with Crippen molar-refractivity contribution in [3.05, 3.63) is 48.2 Å². The Labute approximate surface area is 162 Å². The van der Waals surface area contributed by atoms with Gasteiger partial charge in [0.1, 0.15) is 5.82 Å². The van der Waals surface area contributed by atoms with Crippen molar-refractivity contribution in [2.75, 3.05) is 35.2 Å². The van der Waals surface area contributed by atoms with Gasteiger partial charge in [-0.2, -0.15) is 0 Å². The average molecular weight is 367 g/mol. The lowest BCUT2D eigenvalue weighted by atomic mass is 9.99. The van der Waals surface area contributed by atoms with Gasteiger partial charge in [0, 0.05) is 37.2 Å². The van der Waals surface area contributed by atoms with Crippen LogP contribution in [0.5, 0.6) is 0 Å². The van der Waals surface area contributed by atoms with Crippen LogP contribution in [0.2, 0.25) is 0 Å². The largest absolute Gasteiger partial charge is 0.372 e. The number of pyridine rings is 1. The van der Waals surface area contributed by atoms with Gasteiger partial charge in [0.05, 0.1) is 5.56 Å². The molecule has 2 aromatic rings. The van der Waals surface area contributed by atoms with E-state index in [1.807, 2.05) is 18.2 Å². The molecule has 1 saturated heterocycles. The van der Waals surface area contributed by atoms with Crippen molar-refractivity contribution in [2.24, 2.45) is 11.8 Å². The number of carbonyl (C=O) groups is 1. The Bertz CT molecular complexity index is 732. The molecule has 5 nitrogen and oxygen atoms in total. The maximum absolute atomic E-state index is 12.4.